The van der Waals surface area contributed by atoms with Crippen LogP contribution >= 0.6 is 11.3 Å². The summed E-state index contributed by atoms with van der Waals surface area (Å²) >= 11 is 1.69. The summed E-state index contributed by atoms with van der Waals surface area (Å²) in [6, 6.07) is 6.31. The lowest BCUT2D eigenvalue weighted by atomic mass is 10.2. The van der Waals surface area contributed by atoms with E-state index in [4.69, 9.17) is 5.26 Å². The van der Waals surface area contributed by atoms with E-state index in [9.17, 15) is 4.79 Å². The molecule has 92 valence electrons. The van der Waals surface area contributed by atoms with Crippen molar-refractivity contribution in [1.82, 2.24) is 10.2 Å². The van der Waals surface area contributed by atoms with Crippen LogP contribution in [0.1, 0.15) is 24.3 Å². The first kappa shape index (κ1) is 13.7. The Kier molecular flexibility index (Phi) is 5.67. The van der Waals surface area contributed by atoms with Crippen molar-refractivity contribution in [2.75, 3.05) is 20.1 Å². The zero-order valence-corrected chi connectivity index (χ0v) is 11.0. The van der Waals surface area contributed by atoms with E-state index in [1.165, 1.54) is 4.88 Å². The van der Waals surface area contributed by atoms with Gasteiger partial charge in [-0.1, -0.05) is 6.07 Å². The van der Waals surface area contributed by atoms with Crippen LogP contribution < -0.4 is 5.32 Å². The van der Waals surface area contributed by atoms with Crippen molar-refractivity contribution in [1.29, 1.82) is 5.26 Å². The van der Waals surface area contributed by atoms with Crippen molar-refractivity contribution in [3.63, 3.8) is 0 Å². The first-order valence-electron chi connectivity index (χ1n) is 5.52. The predicted molar refractivity (Wildman–Crippen MR) is 68.6 cm³/mol. The largest absolute Gasteiger partial charge is 0.354 e. The molecule has 1 N–H and O–H groups in total. The van der Waals surface area contributed by atoms with Gasteiger partial charge in [-0.15, -0.1) is 11.3 Å². The van der Waals surface area contributed by atoms with Crippen molar-refractivity contribution < 1.29 is 4.79 Å². The number of nitrogens with zero attached hydrogens (tertiary/aromatic N) is 2. The standard InChI is InChI=1S/C12H17N3OS/c1-10(11-5-3-8-17-11)15(2)9-12(16)14-7-4-6-13/h3,5,8,10H,4,7,9H2,1-2H3,(H,14,16)/t10-/m1/s1. The van der Waals surface area contributed by atoms with Crippen molar-refractivity contribution in [2.45, 2.75) is 19.4 Å². The molecule has 0 aliphatic rings. The maximum absolute atomic E-state index is 11.5. The van der Waals surface area contributed by atoms with Crippen LogP contribution in [0.25, 0.3) is 0 Å². The zero-order chi connectivity index (χ0) is 12.7. The van der Waals surface area contributed by atoms with Crippen LogP contribution in [0.5, 0.6) is 0 Å². The van der Waals surface area contributed by atoms with Gasteiger partial charge in [0.25, 0.3) is 0 Å². The molecule has 0 spiro atoms. The second-order valence-electron chi connectivity index (χ2n) is 3.86. The highest BCUT2D eigenvalue weighted by atomic mass is 32.1. The molecule has 0 fully saturated rings. The molecule has 1 aromatic heterocycles. The summed E-state index contributed by atoms with van der Waals surface area (Å²) < 4.78 is 0. The van der Waals surface area contributed by atoms with Gasteiger partial charge in [0.2, 0.25) is 5.91 Å². The summed E-state index contributed by atoms with van der Waals surface area (Å²) in [5.41, 5.74) is 0. The minimum atomic E-state index is -0.0360. The Morgan fingerprint density at radius 1 is 1.71 bits per heavy atom. The average Bonchev–Trinajstić information content (AvgIpc) is 2.81. The Morgan fingerprint density at radius 2 is 2.47 bits per heavy atom. The number of hydrogen-bond donors (Lipinski definition) is 1. The summed E-state index contributed by atoms with van der Waals surface area (Å²) in [7, 11) is 1.92. The molecule has 0 aliphatic carbocycles. The van der Waals surface area contributed by atoms with Gasteiger partial charge in [0, 0.05) is 17.5 Å². The van der Waals surface area contributed by atoms with Gasteiger partial charge in [-0.25, -0.2) is 0 Å². The maximum Gasteiger partial charge on any atom is 0.234 e. The van der Waals surface area contributed by atoms with Crippen LogP contribution in [-0.2, 0) is 4.79 Å². The SMILES string of the molecule is C[C@H](c1cccs1)N(C)CC(=O)NCCC#N. The fourth-order valence-corrected chi connectivity index (χ4v) is 2.27. The molecule has 0 aromatic carbocycles. The molecular formula is C12H17N3OS. The molecule has 0 unspecified atom stereocenters. The summed E-state index contributed by atoms with van der Waals surface area (Å²) in [6.07, 6.45) is 0.357. The van der Waals surface area contributed by atoms with Crippen molar-refractivity contribution in [3.05, 3.63) is 22.4 Å². The number of thiophene rings is 1. The van der Waals surface area contributed by atoms with E-state index in [0.29, 0.717) is 19.5 Å². The molecule has 17 heavy (non-hydrogen) atoms. The second-order valence-corrected chi connectivity index (χ2v) is 4.84. The minimum absolute atomic E-state index is 0.0360. The molecule has 1 aromatic rings. The number of carbonyl (C=O) groups excluding carboxylic acids is 1. The first-order chi connectivity index (χ1) is 8.15. The minimum Gasteiger partial charge on any atom is -0.354 e. The smallest absolute Gasteiger partial charge is 0.234 e. The Bertz CT molecular complexity index is 383. The molecule has 0 radical (unpaired) electrons. The third-order valence-electron chi connectivity index (χ3n) is 2.57. The van der Waals surface area contributed by atoms with Gasteiger partial charge in [0.15, 0.2) is 0 Å². The summed E-state index contributed by atoms with van der Waals surface area (Å²) in [4.78, 5) is 14.8. The quantitative estimate of drug-likeness (QED) is 0.784. The fourth-order valence-electron chi connectivity index (χ4n) is 1.42. The maximum atomic E-state index is 11.5. The van der Waals surface area contributed by atoms with Crippen LogP contribution in [0.3, 0.4) is 0 Å². The zero-order valence-electron chi connectivity index (χ0n) is 10.1. The number of amides is 1. The molecule has 1 heterocycles. The van der Waals surface area contributed by atoms with E-state index in [-0.39, 0.29) is 11.9 Å². The molecular weight excluding hydrogens is 234 g/mol. The summed E-state index contributed by atoms with van der Waals surface area (Å²) in [6.45, 7) is 2.86. The van der Waals surface area contributed by atoms with Crippen LogP contribution in [-0.4, -0.2) is 30.9 Å². The van der Waals surface area contributed by atoms with Gasteiger partial charge in [-0.05, 0) is 25.4 Å². The van der Waals surface area contributed by atoms with E-state index >= 15 is 0 Å². The normalized spacial score (nSPS) is 12.1. The lowest BCUT2D eigenvalue weighted by Crippen LogP contribution is -2.36. The average molecular weight is 251 g/mol. The van der Waals surface area contributed by atoms with Crippen molar-refractivity contribution in [2.24, 2.45) is 0 Å². The Balaban J connectivity index is 2.36. The third kappa shape index (κ3) is 4.55. The first-order valence-corrected chi connectivity index (χ1v) is 6.40. The number of rotatable bonds is 6. The lowest BCUT2D eigenvalue weighted by molar-refractivity contribution is -0.122. The van der Waals surface area contributed by atoms with E-state index in [2.05, 4.69) is 18.3 Å². The highest BCUT2D eigenvalue weighted by molar-refractivity contribution is 7.10. The molecule has 0 saturated carbocycles. The number of nitriles is 1. The molecule has 1 amide bonds. The van der Waals surface area contributed by atoms with Crippen molar-refractivity contribution in [3.8, 4) is 6.07 Å². The van der Waals surface area contributed by atoms with Gasteiger partial charge in [0.05, 0.1) is 19.0 Å². The number of hydrogen-bond acceptors (Lipinski definition) is 4. The fraction of sp³-hybridized carbons (Fsp3) is 0.500. The van der Waals surface area contributed by atoms with Crippen LogP contribution in [0.15, 0.2) is 17.5 Å². The topological polar surface area (TPSA) is 56.1 Å². The Morgan fingerprint density at radius 3 is 3.06 bits per heavy atom. The second kappa shape index (κ2) is 7.05. The van der Waals surface area contributed by atoms with E-state index < -0.39 is 0 Å². The van der Waals surface area contributed by atoms with Crippen LogP contribution in [0.4, 0.5) is 0 Å². The predicted octanol–water partition coefficient (Wildman–Crippen LogP) is 1.77. The van der Waals surface area contributed by atoms with E-state index in [1.807, 2.05) is 29.5 Å². The molecule has 0 saturated heterocycles. The summed E-state index contributed by atoms with van der Waals surface area (Å²) in [5.74, 6) is -0.0360. The van der Waals surface area contributed by atoms with Gasteiger partial charge < -0.3 is 5.32 Å². The lowest BCUT2D eigenvalue weighted by Gasteiger charge is -2.22. The molecule has 4 nitrogen and oxygen atoms in total. The molecule has 5 heteroatoms. The van der Waals surface area contributed by atoms with E-state index in [1.54, 1.807) is 11.3 Å². The molecule has 1 rings (SSSR count). The monoisotopic (exact) mass is 251 g/mol. The highest BCUT2D eigenvalue weighted by Crippen LogP contribution is 2.22. The van der Waals surface area contributed by atoms with Crippen LogP contribution in [0, 0.1) is 11.3 Å². The van der Waals surface area contributed by atoms with Gasteiger partial charge in [0.1, 0.15) is 0 Å². The van der Waals surface area contributed by atoms with Crippen LogP contribution in [0.2, 0.25) is 0 Å². The van der Waals surface area contributed by atoms with Gasteiger partial charge in [-0.2, -0.15) is 5.26 Å². The number of carbonyl (C=O) groups is 1. The number of nitrogens with one attached hydrogen (secondary N) is 1. The van der Waals surface area contributed by atoms with Gasteiger partial charge >= 0.3 is 0 Å². The molecule has 0 bridgehead atoms. The number of likely N-dealkylation sites (N-methyl/N-ethyl adjacent to an activating group) is 1. The Labute approximate surface area is 106 Å². The van der Waals surface area contributed by atoms with Gasteiger partial charge in [-0.3, -0.25) is 9.69 Å². The summed E-state index contributed by atoms with van der Waals surface area (Å²) in [5, 5.41) is 13.1. The molecule has 1 atom stereocenters. The third-order valence-corrected chi connectivity index (χ3v) is 3.61. The highest BCUT2D eigenvalue weighted by Gasteiger charge is 2.15. The van der Waals surface area contributed by atoms with E-state index in [0.717, 1.165) is 0 Å². The Hall–Kier alpha value is -1.38. The molecule has 0 aliphatic heterocycles. The van der Waals surface area contributed by atoms with Crippen molar-refractivity contribution >= 4 is 17.2 Å².